The highest BCUT2D eigenvalue weighted by molar-refractivity contribution is 5.29. The van der Waals surface area contributed by atoms with E-state index in [9.17, 15) is 5.11 Å². The van der Waals surface area contributed by atoms with Crippen molar-refractivity contribution in [3.63, 3.8) is 0 Å². The van der Waals surface area contributed by atoms with Gasteiger partial charge in [-0.25, -0.2) is 0 Å². The third kappa shape index (κ3) is 3.55. The molecule has 2 unspecified atom stereocenters. The van der Waals surface area contributed by atoms with Crippen molar-refractivity contribution in [1.29, 1.82) is 0 Å². The summed E-state index contributed by atoms with van der Waals surface area (Å²) >= 11 is 0. The van der Waals surface area contributed by atoms with Crippen molar-refractivity contribution in [2.45, 2.75) is 51.7 Å². The van der Waals surface area contributed by atoms with E-state index in [-0.39, 0.29) is 12.2 Å². The average molecular weight is 234 g/mol. The van der Waals surface area contributed by atoms with Gasteiger partial charge in [0.2, 0.25) is 0 Å². The Morgan fingerprint density at radius 2 is 1.94 bits per heavy atom. The van der Waals surface area contributed by atoms with Crippen LogP contribution in [0.2, 0.25) is 0 Å². The lowest BCUT2D eigenvalue weighted by Crippen LogP contribution is -2.33. The van der Waals surface area contributed by atoms with Crippen LogP contribution in [0.5, 0.6) is 0 Å². The zero-order valence-corrected chi connectivity index (χ0v) is 10.8. The lowest BCUT2D eigenvalue weighted by Gasteiger charge is -2.27. The molecule has 0 bridgehead atoms. The van der Waals surface area contributed by atoms with Crippen LogP contribution in [0.15, 0.2) is 18.2 Å². The SMILES string of the molecule is Cc1cc(C)cc(CC(O)C2CCCCO2)c1. The van der Waals surface area contributed by atoms with Gasteiger partial charge in [0.05, 0.1) is 12.2 Å². The van der Waals surface area contributed by atoms with Crippen LogP contribution in [0.4, 0.5) is 0 Å². The number of benzene rings is 1. The molecule has 1 N–H and O–H groups in total. The van der Waals surface area contributed by atoms with Crippen LogP contribution in [0.1, 0.15) is 36.0 Å². The Kier molecular flexibility index (Phi) is 4.19. The molecule has 1 aliphatic heterocycles. The average Bonchev–Trinajstić information content (AvgIpc) is 2.28. The Morgan fingerprint density at radius 1 is 1.24 bits per heavy atom. The molecule has 0 aromatic heterocycles. The van der Waals surface area contributed by atoms with Crippen LogP contribution < -0.4 is 0 Å². The van der Waals surface area contributed by atoms with E-state index in [0.29, 0.717) is 6.42 Å². The van der Waals surface area contributed by atoms with Crippen LogP contribution in [0.25, 0.3) is 0 Å². The monoisotopic (exact) mass is 234 g/mol. The molecule has 0 amide bonds. The van der Waals surface area contributed by atoms with Gasteiger partial charge < -0.3 is 9.84 Å². The van der Waals surface area contributed by atoms with Gasteiger partial charge in [0.15, 0.2) is 0 Å². The maximum absolute atomic E-state index is 10.2. The molecule has 2 rings (SSSR count). The molecule has 0 saturated carbocycles. The highest BCUT2D eigenvalue weighted by Gasteiger charge is 2.22. The van der Waals surface area contributed by atoms with E-state index in [1.807, 2.05) is 0 Å². The van der Waals surface area contributed by atoms with Crippen molar-refractivity contribution >= 4 is 0 Å². The molecule has 0 radical (unpaired) electrons. The quantitative estimate of drug-likeness (QED) is 0.871. The van der Waals surface area contributed by atoms with E-state index < -0.39 is 0 Å². The van der Waals surface area contributed by atoms with Crippen molar-refractivity contribution in [2.24, 2.45) is 0 Å². The van der Waals surface area contributed by atoms with Crippen molar-refractivity contribution in [3.8, 4) is 0 Å². The van der Waals surface area contributed by atoms with Crippen molar-refractivity contribution in [1.82, 2.24) is 0 Å². The van der Waals surface area contributed by atoms with Crippen LogP contribution in [0, 0.1) is 13.8 Å². The normalized spacial score (nSPS) is 22.4. The number of aliphatic hydroxyl groups is 1. The molecule has 1 aliphatic rings. The number of rotatable bonds is 3. The van der Waals surface area contributed by atoms with E-state index in [2.05, 4.69) is 32.0 Å². The van der Waals surface area contributed by atoms with E-state index >= 15 is 0 Å². The lowest BCUT2D eigenvalue weighted by molar-refractivity contribution is -0.0611. The van der Waals surface area contributed by atoms with E-state index in [0.717, 1.165) is 19.4 Å². The van der Waals surface area contributed by atoms with Crippen LogP contribution >= 0.6 is 0 Å². The third-order valence-electron chi connectivity index (χ3n) is 3.37. The van der Waals surface area contributed by atoms with Gasteiger partial charge in [0.1, 0.15) is 0 Å². The van der Waals surface area contributed by atoms with Gasteiger partial charge in [-0.05, 0) is 38.7 Å². The first-order valence-electron chi connectivity index (χ1n) is 6.52. The molecule has 17 heavy (non-hydrogen) atoms. The molecule has 2 atom stereocenters. The summed E-state index contributed by atoms with van der Waals surface area (Å²) in [4.78, 5) is 0. The Morgan fingerprint density at radius 3 is 2.53 bits per heavy atom. The predicted molar refractivity (Wildman–Crippen MR) is 69.2 cm³/mol. The fourth-order valence-corrected chi connectivity index (χ4v) is 2.63. The summed E-state index contributed by atoms with van der Waals surface area (Å²) < 4.78 is 5.62. The summed E-state index contributed by atoms with van der Waals surface area (Å²) in [6.45, 7) is 4.99. The van der Waals surface area contributed by atoms with Gasteiger partial charge in [-0.3, -0.25) is 0 Å². The standard InChI is InChI=1S/C15H22O2/c1-11-7-12(2)9-13(8-11)10-14(16)15-5-3-4-6-17-15/h7-9,14-16H,3-6,10H2,1-2H3. The van der Waals surface area contributed by atoms with Crippen LogP contribution in [-0.4, -0.2) is 23.9 Å². The molecular weight excluding hydrogens is 212 g/mol. The van der Waals surface area contributed by atoms with Crippen molar-refractivity contribution in [3.05, 3.63) is 34.9 Å². The van der Waals surface area contributed by atoms with Crippen LogP contribution in [0.3, 0.4) is 0 Å². The van der Waals surface area contributed by atoms with Gasteiger partial charge in [-0.15, -0.1) is 0 Å². The number of hydrogen-bond acceptors (Lipinski definition) is 2. The first-order chi connectivity index (χ1) is 8.15. The maximum atomic E-state index is 10.2. The highest BCUT2D eigenvalue weighted by Crippen LogP contribution is 2.19. The third-order valence-corrected chi connectivity index (χ3v) is 3.37. The Balaban J connectivity index is 1.99. The summed E-state index contributed by atoms with van der Waals surface area (Å²) in [5, 5.41) is 10.2. The second-order valence-electron chi connectivity index (χ2n) is 5.17. The van der Waals surface area contributed by atoms with Gasteiger partial charge in [0, 0.05) is 13.0 Å². The van der Waals surface area contributed by atoms with Gasteiger partial charge >= 0.3 is 0 Å². The first kappa shape index (κ1) is 12.6. The molecule has 1 heterocycles. The molecule has 2 heteroatoms. The fourth-order valence-electron chi connectivity index (χ4n) is 2.63. The summed E-state index contributed by atoms with van der Waals surface area (Å²) in [6, 6.07) is 6.46. The van der Waals surface area contributed by atoms with Crippen molar-refractivity contribution < 1.29 is 9.84 Å². The number of ether oxygens (including phenoxy) is 1. The van der Waals surface area contributed by atoms with Gasteiger partial charge in [-0.2, -0.15) is 0 Å². The molecule has 94 valence electrons. The number of hydrogen-bond donors (Lipinski definition) is 1. The fraction of sp³-hybridized carbons (Fsp3) is 0.600. The zero-order chi connectivity index (χ0) is 12.3. The van der Waals surface area contributed by atoms with E-state index in [1.54, 1.807) is 0 Å². The summed E-state index contributed by atoms with van der Waals surface area (Å²) in [5.41, 5.74) is 3.73. The van der Waals surface area contributed by atoms with E-state index in [4.69, 9.17) is 4.74 Å². The second kappa shape index (κ2) is 5.65. The lowest BCUT2D eigenvalue weighted by atomic mass is 9.96. The topological polar surface area (TPSA) is 29.5 Å². The summed E-state index contributed by atoms with van der Waals surface area (Å²) in [6.07, 6.45) is 3.67. The zero-order valence-electron chi connectivity index (χ0n) is 10.8. The molecular formula is C15H22O2. The number of aryl methyl sites for hydroxylation is 2. The first-order valence-corrected chi connectivity index (χ1v) is 6.52. The molecule has 2 nitrogen and oxygen atoms in total. The highest BCUT2D eigenvalue weighted by atomic mass is 16.5. The molecule has 1 fully saturated rings. The molecule has 0 aliphatic carbocycles. The Bertz CT molecular complexity index is 347. The molecule has 1 aromatic rings. The number of aliphatic hydroxyl groups excluding tert-OH is 1. The Labute approximate surface area is 104 Å². The predicted octanol–water partition coefficient (Wildman–Crippen LogP) is 2.78. The summed E-state index contributed by atoms with van der Waals surface area (Å²) in [7, 11) is 0. The van der Waals surface area contributed by atoms with Crippen molar-refractivity contribution in [2.75, 3.05) is 6.61 Å². The van der Waals surface area contributed by atoms with Crippen LogP contribution in [-0.2, 0) is 11.2 Å². The molecule has 0 spiro atoms. The molecule has 1 aromatic carbocycles. The van der Waals surface area contributed by atoms with E-state index in [1.165, 1.54) is 23.1 Å². The Hall–Kier alpha value is -0.860. The minimum atomic E-state index is -0.364. The smallest absolute Gasteiger partial charge is 0.0842 e. The minimum absolute atomic E-state index is 0.0320. The second-order valence-corrected chi connectivity index (χ2v) is 5.17. The molecule has 1 saturated heterocycles. The summed E-state index contributed by atoms with van der Waals surface area (Å²) in [5.74, 6) is 0. The van der Waals surface area contributed by atoms with Gasteiger partial charge in [0.25, 0.3) is 0 Å². The largest absolute Gasteiger partial charge is 0.390 e. The van der Waals surface area contributed by atoms with Gasteiger partial charge in [-0.1, -0.05) is 29.3 Å². The minimum Gasteiger partial charge on any atom is -0.390 e. The maximum Gasteiger partial charge on any atom is 0.0842 e.